The van der Waals surface area contributed by atoms with Crippen molar-refractivity contribution in [3.05, 3.63) is 17.6 Å². The first kappa shape index (κ1) is 17.4. The second-order valence-electron chi connectivity index (χ2n) is 5.50. The maximum absolute atomic E-state index is 9.92. The van der Waals surface area contributed by atoms with Crippen LogP contribution in [0.25, 0.3) is 10.9 Å². The fraction of sp³-hybridized carbons (Fsp3) is 0.588. The van der Waals surface area contributed by atoms with Crippen LogP contribution in [0.15, 0.2) is 6.07 Å². The topological polar surface area (TPSA) is 71.4 Å². The number of methoxy groups -OCH3 is 1. The molecule has 1 N–H and O–H groups in total. The first-order valence-electron chi connectivity index (χ1n) is 8.21. The second-order valence-corrected chi connectivity index (χ2v) is 5.50. The Kier molecular flexibility index (Phi) is 5.71. The van der Waals surface area contributed by atoms with Gasteiger partial charge in [0.15, 0.2) is 0 Å². The Balaban J connectivity index is 0.000000924. The smallest absolute Gasteiger partial charge is 0.226 e. The molecule has 2 aromatic rings. The maximum atomic E-state index is 9.92. The normalized spacial score (nSPS) is 17.7. The molecular weight excluding hydrogens is 292 g/mol. The molecule has 1 atom stereocenters. The van der Waals surface area contributed by atoms with Crippen LogP contribution in [0, 0.1) is 13.8 Å². The molecule has 1 unspecified atom stereocenters. The van der Waals surface area contributed by atoms with E-state index in [0.717, 1.165) is 41.8 Å². The van der Waals surface area contributed by atoms with Crippen molar-refractivity contribution in [3.8, 4) is 5.88 Å². The monoisotopic (exact) mass is 318 g/mol. The van der Waals surface area contributed by atoms with Crippen molar-refractivity contribution in [1.29, 1.82) is 0 Å². The fourth-order valence-electron chi connectivity index (χ4n) is 2.86. The molecule has 0 aromatic carbocycles. The van der Waals surface area contributed by atoms with E-state index in [9.17, 15) is 5.11 Å². The van der Waals surface area contributed by atoms with E-state index in [1.807, 2.05) is 33.8 Å². The summed E-state index contributed by atoms with van der Waals surface area (Å²) >= 11 is 0. The molecule has 1 fully saturated rings. The van der Waals surface area contributed by atoms with Crippen LogP contribution >= 0.6 is 0 Å². The van der Waals surface area contributed by atoms with Crippen LogP contribution in [0.1, 0.15) is 38.2 Å². The third-order valence-electron chi connectivity index (χ3n) is 3.76. The summed E-state index contributed by atoms with van der Waals surface area (Å²) in [6, 6.07) is 1.94. The van der Waals surface area contributed by atoms with Crippen LogP contribution in [-0.2, 0) is 0 Å². The SMILES string of the molecule is CC.COc1nc(C)cc2nc(C)nc(N3CCCC(O)C3)c12. The molecular formula is C17H26N4O2. The number of β-amino-alcohol motifs (C(OH)–C–C–N with tert-alkyl or cyclic N) is 1. The number of anilines is 1. The molecule has 0 spiro atoms. The van der Waals surface area contributed by atoms with Gasteiger partial charge >= 0.3 is 0 Å². The fourth-order valence-corrected chi connectivity index (χ4v) is 2.86. The predicted octanol–water partition coefficient (Wildman–Crippen LogP) is 2.64. The number of rotatable bonds is 2. The van der Waals surface area contributed by atoms with Crippen molar-refractivity contribution < 1.29 is 9.84 Å². The number of ether oxygens (including phenoxy) is 1. The minimum absolute atomic E-state index is 0.312. The van der Waals surface area contributed by atoms with E-state index in [1.165, 1.54) is 0 Å². The highest BCUT2D eigenvalue weighted by Gasteiger charge is 2.23. The van der Waals surface area contributed by atoms with E-state index >= 15 is 0 Å². The van der Waals surface area contributed by atoms with Gasteiger partial charge in [-0.15, -0.1) is 0 Å². The molecule has 6 nitrogen and oxygen atoms in total. The van der Waals surface area contributed by atoms with Crippen LogP contribution < -0.4 is 9.64 Å². The highest BCUT2D eigenvalue weighted by Crippen LogP contribution is 2.32. The minimum Gasteiger partial charge on any atom is -0.480 e. The average molecular weight is 318 g/mol. The molecule has 1 saturated heterocycles. The van der Waals surface area contributed by atoms with E-state index < -0.39 is 0 Å². The lowest BCUT2D eigenvalue weighted by Gasteiger charge is -2.32. The molecule has 0 bridgehead atoms. The molecule has 3 heterocycles. The molecule has 126 valence electrons. The molecule has 3 rings (SSSR count). The minimum atomic E-state index is -0.312. The molecule has 23 heavy (non-hydrogen) atoms. The first-order chi connectivity index (χ1) is 11.1. The summed E-state index contributed by atoms with van der Waals surface area (Å²) in [5, 5.41) is 10.7. The predicted molar refractivity (Wildman–Crippen MR) is 92.2 cm³/mol. The summed E-state index contributed by atoms with van der Waals surface area (Å²) in [7, 11) is 1.61. The van der Waals surface area contributed by atoms with E-state index in [2.05, 4.69) is 19.9 Å². The largest absolute Gasteiger partial charge is 0.480 e. The number of hydrogen-bond donors (Lipinski definition) is 1. The van der Waals surface area contributed by atoms with Crippen molar-refractivity contribution in [2.24, 2.45) is 0 Å². The zero-order valence-electron chi connectivity index (χ0n) is 14.6. The Morgan fingerprint density at radius 2 is 1.96 bits per heavy atom. The number of fused-ring (bicyclic) bond motifs is 1. The molecule has 1 aliphatic heterocycles. The van der Waals surface area contributed by atoms with Gasteiger partial charge in [0.2, 0.25) is 5.88 Å². The first-order valence-corrected chi connectivity index (χ1v) is 8.21. The van der Waals surface area contributed by atoms with E-state index in [4.69, 9.17) is 4.74 Å². The molecule has 2 aromatic heterocycles. The van der Waals surface area contributed by atoms with Gasteiger partial charge in [0.25, 0.3) is 0 Å². The molecule has 0 saturated carbocycles. The summed E-state index contributed by atoms with van der Waals surface area (Å²) in [6.45, 7) is 9.26. The van der Waals surface area contributed by atoms with E-state index in [1.54, 1.807) is 7.11 Å². The van der Waals surface area contributed by atoms with Gasteiger partial charge in [-0.25, -0.2) is 15.0 Å². The van der Waals surface area contributed by atoms with Crippen molar-refractivity contribution in [1.82, 2.24) is 15.0 Å². The number of aliphatic hydroxyl groups excluding tert-OH is 1. The molecule has 0 amide bonds. The average Bonchev–Trinajstić information content (AvgIpc) is 2.54. The standard InChI is InChI=1S/C15H20N4O2.C2H6/c1-9-7-12-13(15(16-9)21-3)14(18-10(2)17-12)19-6-4-5-11(20)8-19;1-2/h7,11,20H,4-6,8H2,1-3H3;1-2H3. The van der Waals surface area contributed by atoms with Gasteiger partial charge in [0.05, 0.1) is 18.7 Å². The van der Waals surface area contributed by atoms with Gasteiger partial charge in [-0.05, 0) is 32.8 Å². The summed E-state index contributed by atoms with van der Waals surface area (Å²) in [5.74, 6) is 2.06. The number of hydrogen-bond acceptors (Lipinski definition) is 6. The maximum Gasteiger partial charge on any atom is 0.226 e. The van der Waals surface area contributed by atoms with Crippen LogP contribution in [0.2, 0.25) is 0 Å². The zero-order chi connectivity index (χ0) is 17.0. The zero-order valence-corrected chi connectivity index (χ0v) is 14.6. The van der Waals surface area contributed by atoms with Gasteiger partial charge in [-0.3, -0.25) is 0 Å². The van der Waals surface area contributed by atoms with Gasteiger partial charge in [0.1, 0.15) is 17.0 Å². The lowest BCUT2D eigenvalue weighted by Crippen LogP contribution is -2.39. The molecule has 0 aliphatic carbocycles. The number of aryl methyl sites for hydroxylation is 2. The second kappa shape index (κ2) is 7.55. The van der Waals surface area contributed by atoms with Gasteiger partial charge in [0, 0.05) is 18.8 Å². The van der Waals surface area contributed by atoms with Crippen molar-refractivity contribution in [2.75, 3.05) is 25.1 Å². The van der Waals surface area contributed by atoms with Crippen LogP contribution in [-0.4, -0.2) is 46.4 Å². The highest BCUT2D eigenvalue weighted by molar-refractivity contribution is 5.94. The molecule has 0 radical (unpaired) electrons. The lowest BCUT2D eigenvalue weighted by atomic mass is 10.1. The Morgan fingerprint density at radius 1 is 1.22 bits per heavy atom. The van der Waals surface area contributed by atoms with Gasteiger partial charge in [-0.1, -0.05) is 13.8 Å². The Labute approximate surface area is 137 Å². The summed E-state index contributed by atoms with van der Waals surface area (Å²) in [6.07, 6.45) is 1.48. The summed E-state index contributed by atoms with van der Waals surface area (Å²) < 4.78 is 5.43. The number of aromatic nitrogens is 3. The third-order valence-corrected chi connectivity index (χ3v) is 3.76. The quantitative estimate of drug-likeness (QED) is 0.918. The number of aliphatic hydroxyl groups is 1. The van der Waals surface area contributed by atoms with Gasteiger partial charge in [-0.2, -0.15) is 0 Å². The Bertz CT molecular complexity index is 670. The number of pyridine rings is 1. The summed E-state index contributed by atoms with van der Waals surface area (Å²) in [4.78, 5) is 15.6. The van der Waals surface area contributed by atoms with Crippen molar-refractivity contribution in [2.45, 2.75) is 46.6 Å². The number of piperidine rings is 1. The highest BCUT2D eigenvalue weighted by atomic mass is 16.5. The van der Waals surface area contributed by atoms with Crippen LogP contribution in [0.4, 0.5) is 5.82 Å². The Morgan fingerprint density at radius 3 is 2.61 bits per heavy atom. The van der Waals surface area contributed by atoms with Crippen LogP contribution in [0.3, 0.4) is 0 Å². The third kappa shape index (κ3) is 3.69. The van der Waals surface area contributed by atoms with Crippen molar-refractivity contribution >= 4 is 16.7 Å². The molecule has 1 aliphatic rings. The summed E-state index contributed by atoms with van der Waals surface area (Å²) in [5.41, 5.74) is 1.70. The Hall–Kier alpha value is -1.95. The van der Waals surface area contributed by atoms with Gasteiger partial charge < -0.3 is 14.7 Å². The molecule has 6 heteroatoms. The lowest BCUT2D eigenvalue weighted by molar-refractivity contribution is 0.154. The van der Waals surface area contributed by atoms with Crippen LogP contribution in [0.5, 0.6) is 5.88 Å². The van der Waals surface area contributed by atoms with E-state index in [-0.39, 0.29) is 6.10 Å². The van der Waals surface area contributed by atoms with E-state index in [0.29, 0.717) is 18.2 Å². The number of nitrogens with zero attached hydrogens (tertiary/aromatic N) is 4. The van der Waals surface area contributed by atoms with Crippen molar-refractivity contribution in [3.63, 3.8) is 0 Å².